The zero-order valence-corrected chi connectivity index (χ0v) is 8.84. The number of rotatable bonds is 4. The standard InChI is InChI=1S/C10H8N6O/c11-2-1-3-14-10(17)6-16-7-15-8(4-12)9(16)5-13/h7H,1,3,6H2,(H,14,17). The first-order valence-corrected chi connectivity index (χ1v) is 4.72. The van der Waals surface area contributed by atoms with Gasteiger partial charge in [0.1, 0.15) is 18.7 Å². The van der Waals surface area contributed by atoms with Crippen molar-refractivity contribution in [2.45, 2.75) is 13.0 Å². The number of carbonyl (C=O) groups excluding carboxylic acids is 1. The lowest BCUT2D eigenvalue weighted by atomic mass is 10.3. The van der Waals surface area contributed by atoms with E-state index in [0.29, 0.717) is 0 Å². The minimum Gasteiger partial charge on any atom is -0.354 e. The maximum absolute atomic E-state index is 11.4. The lowest BCUT2D eigenvalue weighted by Crippen LogP contribution is -2.28. The highest BCUT2D eigenvalue weighted by atomic mass is 16.1. The minimum absolute atomic E-state index is 0.00248. The van der Waals surface area contributed by atoms with Crippen LogP contribution in [0.2, 0.25) is 0 Å². The Hall–Kier alpha value is -2.85. The van der Waals surface area contributed by atoms with Crippen LogP contribution in [0.15, 0.2) is 6.33 Å². The summed E-state index contributed by atoms with van der Waals surface area (Å²) in [5, 5.41) is 28.3. The van der Waals surface area contributed by atoms with E-state index in [-0.39, 0.29) is 36.8 Å². The molecular formula is C10H8N6O. The van der Waals surface area contributed by atoms with Gasteiger partial charge < -0.3 is 9.88 Å². The molecule has 1 N–H and O–H groups in total. The monoisotopic (exact) mass is 228 g/mol. The number of imidazole rings is 1. The maximum atomic E-state index is 11.4. The summed E-state index contributed by atoms with van der Waals surface area (Å²) in [6, 6.07) is 5.47. The fourth-order valence-corrected chi connectivity index (χ4v) is 1.17. The molecule has 0 atom stereocenters. The molecule has 1 rings (SSSR count). The smallest absolute Gasteiger partial charge is 0.240 e. The minimum atomic E-state index is -0.335. The number of amides is 1. The Balaban J connectivity index is 2.67. The zero-order valence-electron chi connectivity index (χ0n) is 8.84. The van der Waals surface area contributed by atoms with E-state index in [1.807, 2.05) is 12.1 Å². The highest BCUT2D eigenvalue weighted by molar-refractivity contribution is 5.75. The van der Waals surface area contributed by atoms with Gasteiger partial charge in [-0.2, -0.15) is 15.8 Å². The Morgan fingerprint density at radius 1 is 1.41 bits per heavy atom. The average Bonchev–Trinajstić information content (AvgIpc) is 2.71. The van der Waals surface area contributed by atoms with Gasteiger partial charge in [-0.05, 0) is 0 Å². The summed E-state index contributed by atoms with van der Waals surface area (Å²) in [5.41, 5.74) is 0.0558. The first kappa shape index (κ1) is 12.2. The third-order valence-corrected chi connectivity index (χ3v) is 1.92. The van der Waals surface area contributed by atoms with Crippen molar-refractivity contribution in [3.8, 4) is 18.2 Å². The van der Waals surface area contributed by atoms with Gasteiger partial charge in [-0.25, -0.2) is 4.98 Å². The lowest BCUT2D eigenvalue weighted by Gasteiger charge is -2.04. The molecule has 1 heterocycles. The Bertz CT molecular complexity index is 539. The number of hydrogen-bond donors (Lipinski definition) is 1. The molecule has 1 aromatic rings. The fourth-order valence-electron chi connectivity index (χ4n) is 1.17. The summed E-state index contributed by atoms with van der Waals surface area (Å²) in [6.07, 6.45) is 1.49. The van der Waals surface area contributed by atoms with Crippen LogP contribution in [0.5, 0.6) is 0 Å². The molecule has 1 amide bonds. The molecule has 1 aromatic heterocycles. The lowest BCUT2D eigenvalue weighted by molar-refractivity contribution is -0.121. The molecule has 7 heteroatoms. The number of nitrogens with one attached hydrogen (secondary N) is 1. The first-order chi connectivity index (χ1) is 8.22. The third kappa shape index (κ3) is 3.05. The van der Waals surface area contributed by atoms with E-state index in [1.54, 1.807) is 6.07 Å². The summed E-state index contributed by atoms with van der Waals surface area (Å²) in [4.78, 5) is 15.1. The van der Waals surface area contributed by atoms with E-state index < -0.39 is 0 Å². The summed E-state index contributed by atoms with van der Waals surface area (Å²) in [7, 11) is 0. The molecule has 0 aromatic carbocycles. The molecule has 7 nitrogen and oxygen atoms in total. The Kier molecular flexibility index (Phi) is 4.24. The van der Waals surface area contributed by atoms with Crippen LogP contribution in [0.3, 0.4) is 0 Å². The molecule has 0 unspecified atom stereocenters. The number of nitriles is 3. The van der Waals surface area contributed by atoms with Gasteiger partial charge in [-0.3, -0.25) is 4.79 Å². The molecule has 84 valence electrons. The van der Waals surface area contributed by atoms with E-state index in [9.17, 15) is 4.79 Å². The van der Waals surface area contributed by atoms with E-state index in [0.717, 1.165) is 0 Å². The van der Waals surface area contributed by atoms with Crippen molar-refractivity contribution in [2.75, 3.05) is 6.54 Å². The van der Waals surface area contributed by atoms with Crippen LogP contribution >= 0.6 is 0 Å². The van der Waals surface area contributed by atoms with Gasteiger partial charge in [0.15, 0.2) is 11.4 Å². The van der Waals surface area contributed by atoms with Gasteiger partial charge in [0.05, 0.1) is 18.8 Å². The summed E-state index contributed by atoms with van der Waals surface area (Å²) in [5.74, 6) is -0.335. The maximum Gasteiger partial charge on any atom is 0.240 e. The van der Waals surface area contributed by atoms with Crippen LogP contribution in [-0.2, 0) is 11.3 Å². The second kappa shape index (κ2) is 5.89. The quantitative estimate of drug-likeness (QED) is 0.707. The van der Waals surface area contributed by atoms with Gasteiger partial charge in [0.25, 0.3) is 0 Å². The number of aromatic nitrogens is 2. The van der Waals surface area contributed by atoms with Crippen LogP contribution in [0, 0.1) is 34.0 Å². The molecular weight excluding hydrogens is 220 g/mol. The average molecular weight is 228 g/mol. The molecule has 0 saturated heterocycles. The largest absolute Gasteiger partial charge is 0.354 e. The van der Waals surface area contributed by atoms with Crippen molar-refractivity contribution in [3.05, 3.63) is 17.7 Å². The normalized spacial score (nSPS) is 8.76. The zero-order chi connectivity index (χ0) is 12.7. The number of carbonyl (C=O) groups is 1. The van der Waals surface area contributed by atoms with Gasteiger partial charge in [-0.15, -0.1) is 0 Å². The second-order valence-corrected chi connectivity index (χ2v) is 3.05. The summed E-state index contributed by atoms with van der Waals surface area (Å²) < 4.78 is 1.29. The van der Waals surface area contributed by atoms with Crippen LogP contribution in [0.25, 0.3) is 0 Å². The molecule has 17 heavy (non-hydrogen) atoms. The van der Waals surface area contributed by atoms with Crippen LogP contribution in [-0.4, -0.2) is 22.0 Å². The molecule has 0 bridgehead atoms. The molecule has 0 radical (unpaired) electrons. The molecule has 0 spiro atoms. The third-order valence-electron chi connectivity index (χ3n) is 1.92. The molecule has 0 saturated carbocycles. The van der Waals surface area contributed by atoms with E-state index in [1.165, 1.54) is 10.9 Å². The predicted octanol–water partition coefficient (Wildman–Crippen LogP) is -0.344. The van der Waals surface area contributed by atoms with Crippen LogP contribution < -0.4 is 5.32 Å². The van der Waals surface area contributed by atoms with Crippen molar-refractivity contribution < 1.29 is 4.79 Å². The Morgan fingerprint density at radius 3 is 2.76 bits per heavy atom. The molecule has 0 fully saturated rings. The van der Waals surface area contributed by atoms with E-state index in [2.05, 4.69) is 10.3 Å². The van der Waals surface area contributed by atoms with Gasteiger partial charge in [0.2, 0.25) is 5.91 Å². The fraction of sp³-hybridized carbons (Fsp3) is 0.300. The van der Waals surface area contributed by atoms with Gasteiger partial charge in [-0.1, -0.05) is 0 Å². The van der Waals surface area contributed by atoms with Crippen molar-refractivity contribution in [2.24, 2.45) is 0 Å². The summed E-state index contributed by atoms with van der Waals surface area (Å²) >= 11 is 0. The first-order valence-electron chi connectivity index (χ1n) is 4.72. The molecule has 0 aliphatic carbocycles. The van der Waals surface area contributed by atoms with Gasteiger partial charge in [0, 0.05) is 6.54 Å². The van der Waals surface area contributed by atoms with E-state index in [4.69, 9.17) is 15.8 Å². The van der Waals surface area contributed by atoms with Crippen molar-refractivity contribution >= 4 is 5.91 Å². The topological polar surface area (TPSA) is 118 Å². The second-order valence-electron chi connectivity index (χ2n) is 3.05. The van der Waals surface area contributed by atoms with Gasteiger partial charge >= 0.3 is 0 Å². The van der Waals surface area contributed by atoms with Crippen molar-refractivity contribution in [3.63, 3.8) is 0 Å². The summed E-state index contributed by atoms with van der Waals surface area (Å²) in [6.45, 7) is 0.167. The van der Waals surface area contributed by atoms with Crippen molar-refractivity contribution in [1.82, 2.24) is 14.9 Å². The van der Waals surface area contributed by atoms with Crippen LogP contribution in [0.4, 0.5) is 0 Å². The number of hydrogen-bond acceptors (Lipinski definition) is 5. The Morgan fingerprint density at radius 2 is 2.18 bits per heavy atom. The van der Waals surface area contributed by atoms with E-state index >= 15 is 0 Å². The molecule has 0 aliphatic heterocycles. The highest BCUT2D eigenvalue weighted by Crippen LogP contribution is 2.04. The highest BCUT2D eigenvalue weighted by Gasteiger charge is 2.12. The number of nitrogens with zero attached hydrogens (tertiary/aromatic N) is 5. The predicted molar refractivity (Wildman–Crippen MR) is 54.9 cm³/mol. The SMILES string of the molecule is N#CCCNC(=O)Cn1cnc(C#N)c1C#N. The Labute approximate surface area is 97.5 Å². The van der Waals surface area contributed by atoms with Crippen LogP contribution in [0.1, 0.15) is 17.8 Å². The van der Waals surface area contributed by atoms with Crippen molar-refractivity contribution in [1.29, 1.82) is 15.8 Å². The molecule has 0 aliphatic rings.